The number of rotatable bonds is 7. The Balaban J connectivity index is 2.07. The van der Waals surface area contributed by atoms with Crippen molar-refractivity contribution in [3.8, 4) is 5.75 Å². The molecule has 2 rings (SSSR count). The lowest BCUT2D eigenvalue weighted by Gasteiger charge is -2.20. The number of carbonyl (C=O) groups excluding carboxylic acids is 3. The molecular formula is C23H29N3O4. The van der Waals surface area contributed by atoms with Crippen LogP contribution in [-0.4, -0.2) is 61.8 Å². The first kappa shape index (κ1) is 22.9. The number of benzene rings is 2. The van der Waals surface area contributed by atoms with Crippen molar-refractivity contribution in [3.63, 3.8) is 0 Å². The smallest absolute Gasteiger partial charge is 0.259 e. The van der Waals surface area contributed by atoms with Gasteiger partial charge >= 0.3 is 0 Å². The molecule has 3 amide bonds. The predicted octanol–water partition coefficient (Wildman–Crippen LogP) is 2.79. The molecule has 0 saturated heterocycles. The van der Waals surface area contributed by atoms with Gasteiger partial charge in [-0.15, -0.1) is 0 Å². The van der Waals surface area contributed by atoms with Crippen LogP contribution in [-0.2, 0) is 9.59 Å². The van der Waals surface area contributed by atoms with Crippen LogP contribution in [0, 0.1) is 20.8 Å². The molecule has 0 unspecified atom stereocenters. The lowest BCUT2D eigenvalue weighted by Crippen LogP contribution is -2.35. The highest BCUT2D eigenvalue weighted by molar-refractivity contribution is 6.01. The molecule has 0 bridgehead atoms. The molecular weight excluding hydrogens is 382 g/mol. The molecule has 1 N–H and O–H groups in total. The highest BCUT2D eigenvalue weighted by Gasteiger charge is 2.20. The molecule has 30 heavy (non-hydrogen) atoms. The maximum atomic E-state index is 12.9. The van der Waals surface area contributed by atoms with Crippen molar-refractivity contribution in [1.82, 2.24) is 9.80 Å². The van der Waals surface area contributed by atoms with Crippen molar-refractivity contribution in [2.75, 3.05) is 39.6 Å². The number of hydrogen-bond donors (Lipinski definition) is 1. The van der Waals surface area contributed by atoms with Crippen LogP contribution in [0.1, 0.15) is 27.0 Å². The number of amides is 3. The van der Waals surface area contributed by atoms with Gasteiger partial charge in [0.2, 0.25) is 5.91 Å². The van der Waals surface area contributed by atoms with Crippen molar-refractivity contribution < 1.29 is 19.1 Å². The minimum absolute atomic E-state index is 0.115. The van der Waals surface area contributed by atoms with Crippen molar-refractivity contribution in [2.45, 2.75) is 20.8 Å². The van der Waals surface area contributed by atoms with E-state index in [0.29, 0.717) is 11.3 Å². The summed E-state index contributed by atoms with van der Waals surface area (Å²) in [5.74, 6) is -0.568. The average Bonchev–Trinajstić information content (AvgIpc) is 2.68. The van der Waals surface area contributed by atoms with E-state index in [9.17, 15) is 14.4 Å². The highest BCUT2D eigenvalue weighted by atomic mass is 16.5. The van der Waals surface area contributed by atoms with Gasteiger partial charge in [-0.1, -0.05) is 29.8 Å². The van der Waals surface area contributed by atoms with Gasteiger partial charge in [-0.25, -0.2) is 0 Å². The molecule has 0 aliphatic heterocycles. The van der Waals surface area contributed by atoms with Crippen molar-refractivity contribution in [3.05, 3.63) is 58.7 Å². The van der Waals surface area contributed by atoms with Crippen molar-refractivity contribution in [2.24, 2.45) is 0 Å². The summed E-state index contributed by atoms with van der Waals surface area (Å²) in [5, 5.41) is 2.90. The number of nitrogens with one attached hydrogen (secondary N) is 1. The van der Waals surface area contributed by atoms with Gasteiger partial charge in [0.1, 0.15) is 5.75 Å². The van der Waals surface area contributed by atoms with Gasteiger partial charge in [-0.2, -0.15) is 0 Å². The molecule has 0 heterocycles. The summed E-state index contributed by atoms with van der Waals surface area (Å²) in [6.45, 7) is 5.59. The fourth-order valence-electron chi connectivity index (χ4n) is 3.09. The van der Waals surface area contributed by atoms with Crippen molar-refractivity contribution in [1.29, 1.82) is 0 Å². The summed E-state index contributed by atoms with van der Waals surface area (Å²) in [5.41, 5.74) is 4.12. The zero-order valence-electron chi connectivity index (χ0n) is 18.4. The summed E-state index contributed by atoms with van der Waals surface area (Å²) in [6, 6.07) is 10.7. The minimum atomic E-state index is -0.365. The van der Waals surface area contributed by atoms with E-state index < -0.39 is 0 Å². The second kappa shape index (κ2) is 9.91. The number of aryl methyl sites for hydroxylation is 3. The summed E-state index contributed by atoms with van der Waals surface area (Å²) >= 11 is 0. The first-order valence-corrected chi connectivity index (χ1v) is 9.65. The summed E-state index contributed by atoms with van der Waals surface area (Å²) in [7, 11) is 4.82. The molecule has 0 fully saturated rings. The highest BCUT2D eigenvalue weighted by Crippen LogP contribution is 2.22. The number of nitrogens with zero attached hydrogens (tertiary/aromatic N) is 2. The van der Waals surface area contributed by atoms with E-state index in [1.165, 1.54) is 9.80 Å². The Morgan fingerprint density at radius 1 is 0.967 bits per heavy atom. The third-order valence-corrected chi connectivity index (χ3v) is 4.64. The summed E-state index contributed by atoms with van der Waals surface area (Å²) < 4.78 is 5.54. The van der Waals surface area contributed by atoms with Crippen LogP contribution in [0.2, 0.25) is 0 Å². The standard InChI is InChI=1S/C23H29N3O4/c1-15-11-16(2)22(17(3)12-15)24-20(27)13-26(6)23(29)18-9-7-8-10-19(18)30-14-21(28)25(4)5/h7-12H,13-14H2,1-6H3,(H,24,27). The third-order valence-electron chi connectivity index (χ3n) is 4.64. The van der Waals surface area contributed by atoms with Gasteiger partial charge < -0.3 is 19.9 Å². The Morgan fingerprint density at radius 3 is 2.17 bits per heavy atom. The Hall–Kier alpha value is -3.35. The van der Waals surface area contributed by atoms with Gasteiger partial charge in [0.15, 0.2) is 6.61 Å². The van der Waals surface area contributed by atoms with E-state index in [1.807, 2.05) is 32.9 Å². The zero-order chi connectivity index (χ0) is 22.4. The van der Waals surface area contributed by atoms with E-state index in [4.69, 9.17) is 4.74 Å². The lowest BCUT2D eigenvalue weighted by atomic mass is 10.1. The molecule has 7 nitrogen and oxygen atoms in total. The Labute approximate surface area is 177 Å². The van der Waals surface area contributed by atoms with Crippen LogP contribution >= 0.6 is 0 Å². The number of likely N-dealkylation sites (N-methyl/N-ethyl adjacent to an activating group) is 2. The van der Waals surface area contributed by atoms with Crippen LogP contribution < -0.4 is 10.1 Å². The van der Waals surface area contributed by atoms with Crippen LogP contribution in [0.5, 0.6) is 5.75 Å². The molecule has 0 atom stereocenters. The quantitative estimate of drug-likeness (QED) is 0.760. The number of carbonyl (C=O) groups is 3. The van der Waals surface area contributed by atoms with Crippen LogP contribution in [0.4, 0.5) is 5.69 Å². The van der Waals surface area contributed by atoms with E-state index >= 15 is 0 Å². The second-order valence-electron chi connectivity index (χ2n) is 7.56. The maximum Gasteiger partial charge on any atom is 0.259 e. The molecule has 0 aromatic heterocycles. The van der Waals surface area contributed by atoms with E-state index in [2.05, 4.69) is 5.32 Å². The Kier molecular flexibility index (Phi) is 7.58. The molecule has 160 valence electrons. The van der Waals surface area contributed by atoms with Gasteiger partial charge in [-0.05, 0) is 44.0 Å². The van der Waals surface area contributed by atoms with Crippen molar-refractivity contribution >= 4 is 23.4 Å². The van der Waals surface area contributed by atoms with Crippen LogP contribution in [0.15, 0.2) is 36.4 Å². The van der Waals surface area contributed by atoms with Gasteiger partial charge in [0.25, 0.3) is 11.8 Å². The SMILES string of the molecule is Cc1cc(C)c(NC(=O)CN(C)C(=O)c2ccccc2OCC(=O)N(C)C)c(C)c1. The summed E-state index contributed by atoms with van der Waals surface area (Å²) in [4.78, 5) is 39.9. The minimum Gasteiger partial charge on any atom is -0.483 e. The topological polar surface area (TPSA) is 79.0 Å². The molecule has 0 aliphatic carbocycles. The summed E-state index contributed by atoms with van der Waals surface area (Å²) in [6.07, 6.45) is 0. The lowest BCUT2D eigenvalue weighted by molar-refractivity contribution is -0.130. The largest absolute Gasteiger partial charge is 0.483 e. The maximum absolute atomic E-state index is 12.9. The van der Waals surface area contributed by atoms with E-state index in [-0.39, 0.29) is 30.9 Å². The third kappa shape index (κ3) is 5.83. The zero-order valence-corrected chi connectivity index (χ0v) is 18.4. The second-order valence-corrected chi connectivity index (χ2v) is 7.56. The molecule has 2 aromatic rings. The molecule has 0 saturated carbocycles. The normalized spacial score (nSPS) is 10.3. The molecule has 7 heteroatoms. The fourth-order valence-corrected chi connectivity index (χ4v) is 3.09. The number of ether oxygens (including phenoxy) is 1. The van der Waals surface area contributed by atoms with Gasteiger partial charge in [0.05, 0.1) is 12.1 Å². The van der Waals surface area contributed by atoms with Gasteiger partial charge in [0, 0.05) is 26.8 Å². The Morgan fingerprint density at radius 2 is 1.57 bits per heavy atom. The van der Waals surface area contributed by atoms with Crippen LogP contribution in [0.25, 0.3) is 0 Å². The number of anilines is 1. The molecule has 0 radical (unpaired) electrons. The molecule has 0 aliphatic rings. The molecule has 2 aromatic carbocycles. The van der Waals surface area contributed by atoms with E-state index in [0.717, 1.165) is 22.4 Å². The van der Waals surface area contributed by atoms with E-state index in [1.54, 1.807) is 45.4 Å². The monoisotopic (exact) mass is 411 g/mol. The first-order valence-electron chi connectivity index (χ1n) is 9.65. The predicted molar refractivity (Wildman–Crippen MR) is 117 cm³/mol. The fraction of sp³-hybridized carbons (Fsp3) is 0.348. The molecule has 0 spiro atoms. The number of hydrogen-bond acceptors (Lipinski definition) is 4. The average molecular weight is 412 g/mol. The first-order chi connectivity index (χ1) is 14.1. The van der Waals surface area contributed by atoms with Gasteiger partial charge in [-0.3, -0.25) is 14.4 Å². The Bertz CT molecular complexity index is 930. The van der Waals surface area contributed by atoms with Crippen LogP contribution in [0.3, 0.4) is 0 Å². The number of para-hydroxylation sites is 1.